The van der Waals surface area contributed by atoms with Gasteiger partial charge in [0.15, 0.2) is 8.32 Å². The Morgan fingerprint density at radius 2 is 1.14 bits per heavy atom. The summed E-state index contributed by atoms with van der Waals surface area (Å²) in [5.74, 6) is 0. The summed E-state index contributed by atoms with van der Waals surface area (Å²) in [7, 11) is -2.49. The molecular weight excluding hydrogens is 300 g/mol. The van der Waals surface area contributed by atoms with Crippen LogP contribution >= 0.6 is 0 Å². The van der Waals surface area contributed by atoms with Gasteiger partial charge < -0.3 is 4.43 Å². The molecule has 0 radical (unpaired) electrons. The molecule has 0 aliphatic carbocycles. The Hall–Kier alpha value is 0.394. The first kappa shape index (κ1) is 22.4. The maximum atomic E-state index is 6.74. The standard InChI is InChI=1S/C19H44OSi2/c1-8-10-12-13-15-17-19(16-14-11-9-2)20-22(6,7)18-21(3,4)5/h19H,8-18H2,1-7H3. The van der Waals surface area contributed by atoms with Crippen molar-refractivity contribution < 1.29 is 4.43 Å². The number of hydrogen-bond donors (Lipinski definition) is 0. The van der Waals surface area contributed by atoms with E-state index in [1.54, 1.807) is 0 Å². The highest BCUT2D eigenvalue weighted by molar-refractivity contribution is 6.92. The van der Waals surface area contributed by atoms with Gasteiger partial charge in [0.1, 0.15) is 0 Å². The lowest BCUT2D eigenvalue weighted by atomic mass is 10.0. The lowest BCUT2D eigenvalue weighted by Crippen LogP contribution is -2.42. The molecule has 0 saturated carbocycles. The molecule has 0 aliphatic heterocycles. The van der Waals surface area contributed by atoms with Gasteiger partial charge >= 0.3 is 0 Å². The summed E-state index contributed by atoms with van der Waals surface area (Å²) in [5, 5.41) is 0. The van der Waals surface area contributed by atoms with Crippen molar-refractivity contribution in [3.05, 3.63) is 0 Å². The highest BCUT2D eigenvalue weighted by Gasteiger charge is 2.32. The van der Waals surface area contributed by atoms with Crippen molar-refractivity contribution in [3.8, 4) is 0 Å². The molecule has 22 heavy (non-hydrogen) atoms. The van der Waals surface area contributed by atoms with Gasteiger partial charge in [-0.15, -0.1) is 0 Å². The van der Waals surface area contributed by atoms with Crippen LogP contribution in [0.5, 0.6) is 0 Å². The second kappa shape index (κ2) is 11.9. The predicted octanol–water partition coefficient (Wildman–Crippen LogP) is 7.39. The largest absolute Gasteiger partial charge is 0.415 e. The Morgan fingerprint density at radius 3 is 1.64 bits per heavy atom. The van der Waals surface area contributed by atoms with Crippen molar-refractivity contribution in [1.29, 1.82) is 0 Å². The molecular formula is C19H44OSi2. The zero-order valence-corrected chi connectivity index (χ0v) is 18.8. The molecule has 0 aliphatic rings. The van der Waals surface area contributed by atoms with Gasteiger partial charge in [0.2, 0.25) is 0 Å². The third kappa shape index (κ3) is 14.0. The summed E-state index contributed by atoms with van der Waals surface area (Å²) >= 11 is 0. The third-order valence-electron chi connectivity index (χ3n) is 4.20. The molecule has 0 heterocycles. The van der Waals surface area contributed by atoms with Gasteiger partial charge in [-0.2, -0.15) is 0 Å². The zero-order chi connectivity index (χ0) is 17.1. The van der Waals surface area contributed by atoms with Crippen LogP contribution in [0.25, 0.3) is 0 Å². The lowest BCUT2D eigenvalue weighted by Gasteiger charge is -2.33. The van der Waals surface area contributed by atoms with Crippen molar-refractivity contribution in [1.82, 2.24) is 0 Å². The fourth-order valence-electron chi connectivity index (χ4n) is 3.63. The summed E-state index contributed by atoms with van der Waals surface area (Å²) in [4.78, 5) is 0. The smallest absolute Gasteiger partial charge is 0.184 e. The van der Waals surface area contributed by atoms with Crippen LogP contribution in [-0.4, -0.2) is 22.5 Å². The minimum atomic E-state index is -1.48. The van der Waals surface area contributed by atoms with Crippen molar-refractivity contribution in [2.24, 2.45) is 0 Å². The fraction of sp³-hybridized carbons (Fsp3) is 1.00. The van der Waals surface area contributed by atoms with Crippen LogP contribution in [0.2, 0.25) is 38.4 Å². The van der Waals surface area contributed by atoms with Crippen LogP contribution in [0, 0.1) is 0 Å². The lowest BCUT2D eigenvalue weighted by molar-refractivity contribution is 0.164. The highest BCUT2D eigenvalue weighted by Crippen LogP contribution is 2.25. The Morgan fingerprint density at radius 1 is 0.682 bits per heavy atom. The Kier molecular flexibility index (Phi) is 12.1. The Balaban J connectivity index is 4.31. The molecule has 0 aromatic heterocycles. The van der Waals surface area contributed by atoms with Gasteiger partial charge in [-0.25, -0.2) is 0 Å². The molecule has 0 aromatic carbocycles. The van der Waals surface area contributed by atoms with E-state index in [4.69, 9.17) is 4.43 Å². The normalized spacial score (nSPS) is 14.3. The molecule has 0 saturated heterocycles. The van der Waals surface area contributed by atoms with E-state index in [1.807, 2.05) is 0 Å². The first-order chi connectivity index (χ1) is 10.2. The predicted molar refractivity (Wildman–Crippen MR) is 108 cm³/mol. The first-order valence-electron chi connectivity index (χ1n) is 9.88. The monoisotopic (exact) mass is 344 g/mol. The van der Waals surface area contributed by atoms with E-state index in [0.29, 0.717) is 6.10 Å². The van der Waals surface area contributed by atoms with Gasteiger partial charge in [0.05, 0.1) is 0 Å². The second-order valence-electron chi connectivity index (χ2n) is 8.94. The summed E-state index contributed by atoms with van der Waals surface area (Å²) in [6.07, 6.45) is 14.1. The second-order valence-corrected chi connectivity index (χ2v) is 19.2. The van der Waals surface area contributed by atoms with Crippen LogP contribution in [0.3, 0.4) is 0 Å². The summed E-state index contributed by atoms with van der Waals surface area (Å²) in [6.45, 7) is 17.0. The fourth-order valence-corrected chi connectivity index (χ4v) is 15.3. The molecule has 134 valence electrons. The molecule has 3 heteroatoms. The minimum Gasteiger partial charge on any atom is -0.415 e. The summed E-state index contributed by atoms with van der Waals surface area (Å²) < 4.78 is 6.74. The molecule has 0 fully saturated rings. The maximum absolute atomic E-state index is 6.74. The van der Waals surface area contributed by atoms with Crippen molar-refractivity contribution >= 4 is 16.4 Å². The highest BCUT2D eigenvalue weighted by atomic mass is 28.4. The van der Waals surface area contributed by atoms with Crippen LogP contribution in [0.4, 0.5) is 0 Å². The van der Waals surface area contributed by atoms with Gasteiger partial charge in [-0.1, -0.05) is 84.9 Å². The van der Waals surface area contributed by atoms with Gasteiger partial charge in [-0.05, 0) is 31.6 Å². The first-order valence-corrected chi connectivity index (χ1v) is 16.7. The van der Waals surface area contributed by atoms with Gasteiger partial charge in [0, 0.05) is 14.2 Å². The molecule has 0 spiro atoms. The van der Waals surface area contributed by atoms with E-state index in [1.165, 1.54) is 69.9 Å². The van der Waals surface area contributed by atoms with Crippen LogP contribution < -0.4 is 0 Å². The van der Waals surface area contributed by atoms with Crippen molar-refractivity contribution in [2.45, 2.75) is 123 Å². The molecule has 0 amide bonds. The van der Waals surface area contributed by atoms with Crippen LogP contribution in [0.1, 0.15) is 78.1 Å². The quantitative estimate of drug-likeness (QED) is 0.236. The number of rotatable bonds is 14. The van der Waals surface area contributed by atoms with E-state index in [-0.39, 0.29) is 0 Å². The maximum Gasteiger partial charge on any atom is 0.184 e. The van der Waals surface area contributed by atoms with E-state index < -0.39 is 16.4 Å². The van der Waals surface area contributed by atoms with Crippen molar-refractivity contribution in [2.75, 3.05) is 0 Å². The third-order valence-corrected chi connectivity index (χ3v) is 12.8. The topological polar surface area (TPSA) is 9.23 Å². The number of hydrogen-bond acceptors (Lipinski definition) is 1. The average molecular weight is 345 g/mol. The zero-order valence-electron chi connectivity index (χ0n) is 16.8. The minimum absolute atomic E-state index is 0.547. The Labute approximate surface area is 143 Å². The van der Waals surface area contributed by atoms with Crippen LogP contribution in [-0.2, 0) is 4.43 Å². The van der Waals surface area contributed by atoms with Crippen molar-refractivity contribution in [3.63, 3.8) is 0 Å². The molecule has 1 unspecified atom stereocenters. The number of unbranched alkanes of at least 4 members (excludes halogenated alkanes) is 6. The molecule has 0 rings (SSSR count). The summed E-state index contributed by atoms with van der Waals surface area (Å²) in [6, 6.07) is 0. The average Bonchev–Trinajstić information content (AvgIpc) is 2.35. The molecule has 0 bridgehead atoms. The van der Waals surface area contributed by atoms with E-state index >= 15 is 0 Å². The van der Waals surface area contributed by atoms with E-state index in [2.05, 4.69) is 46.6 Å². The molecule has 0 N–H and O–H groups in total. The summed E-state index contributed by atoms with van der Waals surface area (Å²) in [5.41, 5.74) is 1.40. The Bertz CT molecular complexity index is 259. The molecule has 1 atom stereocenters. The molecule has 1 nitrogen and oxygen atoms in total. The van der Waals surface area contributed by atoms with Gasteiger partial charge in [-0.3, -0.25) is 0 Å². The van der Waals surface area contributed by atoms with Gasteiger partial charge in [0.25, 0.3) is 0 Å². The van der Waals surface area contributed by atoms with E-state index in [0.717, 1.165) is 0 Å². The van der Waals surface area contributed by atoms with E-state index in [9.17, 15) is 0 Å². The SMILES string of the molecule is CCCCCCCC(CCCCC)O[Si](C)(C)C[Si](C)(C)C. The molecule has 0 aromatic rings. The van der Waals surface area contributed by atoms with Crippen LogP contribution in [0.15, 0.2) is 0 Å².